The summed E-state index contributed by atoms with van der Waals surface area (Å²) in [7, 11) is 2.07. The molecule has 1 aliphatic rings. The molecule has 0 aromatic heterocycles. The molecule has 2 rings (SSSR count). The number of rotatable bonds is 5. The third kappa shape index (κ3) is 3.29. The van der Waals surface area contributed by atoms with Gasteiger partial charge in [0, 0.05) is 24.7 Å². The fourth-order valence-corrected chi connectivity index (χ4v) is 3.27. The lowest BCUT2D eigenvalue weighted by atomic mass is 10.0. The molecule has 2 N–H and O–H groups in total. The van der Waals surface area contributed by atoms with Crippen LogP contribution >= 0.6 is 11.6 Å². The van der Waals surface area contributed by atoms with Crippen LogP contribution in [0.3, 0.4) is 0 Å². The van der Waals surface area contributed by atoms with Crippen molar-refractivity contribution in [2.24, 2.45) is 11.7 Å². The van der Waals surface area contributed by atoms with Crippen LogP contribution in [0.15, 0.2) is 18.2 Å². The van der Waals surface area contributed by atoms with Crippen LogP contribution in [-0.4, -0.2) is 29.5 Å². The van der Waals surface area contributed by atoms with E-state index in [1.165, 1.54) is 25.0 Å². The Labute approximate surface area is 123 Å². The topological polar surface area (TPSA) is 72.4 Å². The Balaban J connectivity index is 2.07. The lowest BCUT2D eigenvalue weighted by Gasteiger charge is -2.29. The van der Waals surface area contributed by atoms with Crippen molar-refractivity contribution in [3.05, 3.63) is 38.9 Å². The van der Waals surface area contributed by atoms with Crippen LogP contribution in [0.5, 0.6) is 0 Å². The Bertz CT molecular complexity index is 495. The van der Waals surface area contributed by atoms with Gasteiger partial charge in [0.2, 0.25) is 0 Å². The molecule has 2 unspecified atom stereocenters. The molecule has 2 atom stereocenters. The third-order valence-corrected chi connectivity index (χ3v) is 4.51. The summed E-state index contributed by atoms with van der Waals surface area (Å²) in [5, 5.41) is 11.2. The fraction of sp³-hybridized carbons (Fsp3) is 0.571. The summed E-state index contributed by atoms with van der Waals surface area (Å²) in [5.41, 5.74) is 6.76. The highest BCUT2D eigenvalue weighted by molar-refractivity contribution is 6.31. The van der Waals surface area contributed by atoms with E-state index in [0.29, 0.717) is 30.1 Å². The van der Waals surface area contributed by atoms with Crippen molar-refractivity contribution in [2.75, 3.05) is 13.6 Å². The molecule has 1 aromatic carbocycles. The average molecular weight is 298 g/mol. The monoisotopic (exact) mass is 297 g/mol. The number of nitrogens with two attached hydrogens (primary N) is 1. The van der Waals surface area contributed by atoms with Crippen molar-refractivity contribution in [3.8, 4) is 0 Å². The van der Waals surface area contributed by atoms with Crippen LogP contribution in [0.2, 0.25) is 5.02 Å². The summed E-state index contributed by atoms with van der Waals surface area (Å²) in [5.74, 6) is 0.539. The minimum Gasteiger partial charge on any atom is -0.330 e. The van der Waals surface area contributed by atoms with Crippen molar-refractivity contribution >= 4 is 17.3 Å². The molecule has 0 radical (unpaired) electrons. The maximum Gasteiger partial charge on any atom is 0.270 e. The highest BCUT2D eigenvalue weighted by Crippen LogP contribution is 2.31. The van der Waals surface area contributed by atoms with Crippen LogP contribution in [-0.2, 0) is 6.54 Å². The van der Waals surface area contributed by atoms with Crippen LogP contribution in [0.4, 0.5) is 5.69 Å². The lowest BCUT2D eigenvalue weighted by molar-refractivity contribution is -0.384. The van der Waals surface area contributed by atoms with E-state index in [2.05, 4.69) is 11.9 Å². The van der Waals surface area contributed by atoms with E-state index >= 15 is 0 Å². The molecule has 20 heavy (non-hydrogen) atoms. The zero-order valence-electron chi connectivity index (χ0n) is 11.6. The van der Waals surface area contributed by atoms with Gasteiger partial charge in [-0.2, -0.15) is 0 Å². The van der Waals surface area contributed by atoms with Crippen molar-refractivity contribution < 1.29 is 4.92 Å². The van der Waals surface area contributed by atoms with Gasteiger partial charge in [0.05, 0.1) is 9.95 Å². The number of nitrogens with zero attached hydrogens (tertiary/aromatic N) is 2. The number of hydrogen-bond donors (Lipinski definition) is 1. The second kappa shape index (κ2) is 6.52. The summed E-state index contributed by atoms with van der Waals surface area (Å²) >= 11 is 6.14. The Morgan fingerprint density at radius 2 is 2.25 bits per heavy atom. The van der Waals surface area contributed by atoms with Gasteiger partial charge in [0.1, 0.15) is 0 Å². The van der Waals surface area contributed by atoms with E-state index in [9.17, 15) is 10.1 Å². The molecule has 1 fully saturated rings. The Morgan fingerprint density at radius 3 is 2.85 bits per heavy atom. The second-order valence-electron chi connectivity index (χ2n) is 5.44. The molecule has 0 heterocycles. The minimum absolute atomic E-state index is 0.0297. The number of hydrogen-bond acceptors (Lipinski definition) is 4. The van der Waals surface area contributed by atoms with Crippen molar-refractivity contribution in [2.45, 2.75) is 31.8 Å². The third-order valence-electron chi connectivity index (χ3n) is 4.16. The zero-order chi connectivity index (χ0) is 14.7. The maximum atomic E-state index is 10.7. The SMILES string of the molecule is CN(Cc1ccc([N+](=O)[O-])cc1Cl)C1CCCC1CN. The highest BCUT2D eigenvalue weighted by atomic mass is 35.5. The van der Waals surface area contributed by atoms with Crippen LogP contribution in [0.1, 0.15) is 24.8 Å². The second-order valence-corrected chi connectivity index (χ2v) is 5.85. The van der Waals surface area contributed by atoms with Crippen LogP contribution < -0.4 is 5.73 Å². The predicted octanol–water partition coefficient (Wildman–Crippen LogP) is 2.81. The minimum atomic E-state index is -0.430. The molecule has 6 heteroatoms. The first kappa shape index (κ1) is 15.2. The molecule has 0 saturated heterocycles. The molecule has 5 nitrogen and oxygen atoms in total. The largest absolute Gasteiger partial charge is 0.330 e. The summed E-state index contributed by atoms with van der Waals surface area (Å²) < 4.78 is 0. The molecule has 0 amide bonds. The fourth-order valence-electron chi connectivity index (χ4n) is 3.04. The molecule has 0 bridgehead atoms. The molecule has 0 aliphatic heterocycles. The quantitative estimate of drug-likeness (QED) is 0.670. The first-order chi connectivity index (χ1) is 9.52. The first-order valence-corrected chi connectivity index (χ1v) is 7.24. The Hall–Kier alpha value is -1.17. The van der Waals surface area contributed by atoms with E-state index in [1.807, 2.05) is 0 Å². The van der Waals surface area contributed by atoms with Gasteiger partial charge in [0.15, 0.2) is 0 Å². The number of benzene rings is 1. The van der Waals surface area contributed by atoms with E-state index in [4.69, 9.17) is 17.3 Å². The molecule has 1 aliphatic carbocycles. The number of halogens is 1. The first-order valence-electron chi connectivity index (χ1n) is 6.86. The van der Waals surface area contributed by atoms with Crippen LogP contribution in [0.25, 0.3) is 0 Å². The van der Waals surface area contributed by atoms with Crippen molar-refractivity contribution in [1.82, 2.24) is 4.90 Å². The van der Waals surface area contributed by atoms with E-state index < -0.39 is 4.92 Å². The van der Waals surface area contributed by atoms with Gasteiger partial charge in [-0.15, -0.1) is 0 Å². The van der Waals surface area contributed by atoms with Crippen LogP contribution in [0, 0.1) is 16.0 Å². The average Bonchev–Trinajstić information content (AvgIpc) is 2.89. The van der Waals surface area contributed by atoms with Gasteiger partial charge in [-0.25, -0.2) is 0 Å². The zero-order valence-corrected chi connectivity index (χ0v) is 12.3. The Kier molecular flexibility index (Phi) is 4.96. The normalized spacial score (nSPS) is 22.4. The predicted molar refractivity (Wildman–Crippen MR) is 79.8 cm³/mol. The van der Waals surface area contributed by atoms with Crippen molar-refractivity contribution in [1.29, 1.82) is 0 Å². The number of nitro benzene ring substituents is 1. The van der Waals surface area contributed by atoms with Gasteiger partial charge in [-0.3, -0.25) is 15.0 Å². The van der Waals surface area contributed by atoms with E-state index in [0.717, 1.165) is 12.0 Å². The highest BCUT2D eigenvalue weighted by Gasteiger charge is 2.29. The van der Waals surface area contributed by atoms with Crippen molar-refractivity contribution in [3.63, 3.8) is 0 Å². The summed E-state index contributed by atoms with van der Waals surface area (Å²) in [6.07, 6.45) is 3.55. The molecule has 0 spiro atoms. The van der Waals surface area contributed by atoms with Gasteiger partial charge in [0.25, 0.3) is 5.69 Å². The standard InChI is InChI=1S/C14H20ClN3O2/c1-17(14-4-2-3-10(14)8-16)9-11-5-6-12(18(19)20)7-13(11)15/h5-7,10,14H,2-4,8-9,16H2,1H3. The number of nitro groups is 1. The summed E-state index contributed by atoms with van der Waals surface area (Å²) in [4.78, 5) is 12.5. The summed E-state index contributed by atoms with van der Waals surface area (Å²) in [6, 6.07) is 5.14. The lowest BCUT2D eigenvalue weighted by Crippen LogP contribution is -2.37. The number of non-ortho nitro benzene ring substituents is 1. The molecular formula is C14H20ClN3O2. The molecule has 1 saturated carbocycles. The molecule has 110 valence electrons. The van der Waals surface area contributed by atoms with E-state index in [-0.39, 0.29) is 5.69 Å². The maximum absolute atomic E-state index is 10.7. The molecule has 1 aromatic rings. The van der Waals surface area contributed by atoms with E-state index in [1.54, 1.807) is 6.07 Å². The van der Waals surface area contributed by atoms with Gasteiger partial charge in [-0.1, -0.05) is 18.0 Å². The smallest absolute Gasteiger partial charge is 0.270 e. The van der Waals surface area contributed by atoms with Gasteiger partial charge < -0.3 is 5.73 Å². The van der Waals surface area contributed by atoms with Gasteiger partial charge >= 0.3 is 0 Å². The molecular weight excluding hydrogens is 278 g/mol. The summed E-state index contributed by atoms with van der Waals surface area (Å²) in [6.45, 7) is 1.40. The van der Waals surface area contributed by atoms with Gasteiger partial charge in [-0.05, 0) is 44.0 Å². The Morgan fingerprint density at radius 1 is 1.50 bits per heavy atom.